The van der Waals surface area contributed by atoms with Gasteiger partial charge in [0.05, 0.1) is 10.9 Å². The lowest BCUT2D eigenvalue weighted by atomic mass is 10.1. The van der Waals surface area contributed by atoms with Crippen LogP contribution >= 0.6 is 11.3 Å². The second-order valence-electron chi connectivity index (χ2n) is 5.51. The normalized spacial score (nSPS) is 12.7. The molecular weight excluding hydrogens is 294 g/mol. The molecular formula is C17H19N3OS. The average molecular weight is 313 g/mol. The number of aromatic nitrogens is 2. The van der Waals surface area contributed by atoms with E-state index in [9.17, 15) is 0 Å². The minimum absolute atomic E-state index is 0.0718. The Morgan fingerprint density at radius 1 is 1.23 bits per heavy atom. The summed E-state index contributed by atoms with van der Waals surface area (Å²) in [6, 6.07) is 12.6. The topological polar surface area (TPSA) is 42.2 Å². The maximum Gasteiger partial charge on any atom is 0.244 e. The van der Waals surface area contributed by atoms with Crippen LogP contribution in [0, 0.1) is 6.92 Å². The quantitative estimate of drug-likeness (QED) is 0.704. The van der Waals surface area contributed by atoms with Crippen LogP contribution in [0.25, 0.3) is 10.7 Å². The first-order chi connectivity index (χ1) is 10.6. The van der Waals surface area contributed by atoms with Gasteiger partial charge in [0.15, 0.2) is 0 Å². The second kappa shape index (κ2) is 6.42. The van der Waals surface area contributed by atoms with E-state index in [1.165, 1.54) is 11.1 Å². The lowest BCUT2D eigenvalue weighted by Crippen LogP contribution is -2.22. The molecule has 0 spiro atoms. The van der Waals surface area contributed by atoms with E-state index in [1.807, 2.05) is 17.5 Å². The highest BCUT2D eigenvalue weighted by Crippen LogP contribution is 2.25. The molecule has 22 heavy (non-hydrogen) atoms. The highest BCUT2D eigenvalue weighted by Gasteiger charge is 2.19. The van der Waals surface area contributed by atoms with Crippen LogP contribution in [0.5, 0.6) is 0 Å². The molecule has 2 aromatic heterocycles. The van der Waals surface area contributed by atoms with Crippen LogP contribution < -0.4 is 0 Å². The van der Waals surface area contributed by atoms with Gasteiger partial charge >= 0.3 is 0 Å². The Balaban J connectivity index is 1.70. The van der Waals surface area contributed by atoms with Gasteiger partial charge in [-0.25, -0.2) is 0 Å². The first-order valence-corrected chi connectivity index (χ1v) is 8.14. The summed E-state index contributed by atoms with van der Waals surface area (Å²) in [5.74, 6) is 1.32. The van der Waals surface area contributed by atoms with Crippen molar-refractivity contribution in [2.75, 3.05) is 7.05 Å². The van der Waals surface area contributed by atoms with Crippen molar-refractivity contribution in [1.29, 1.82) is 0 Å². The van der Waals surface area contributed by atoms with Gasteiger partial charge in [-0.15, -0.1) is 11.3 Å². The number of aryl methyl sites for hydroxylation is 1. The first-order valence-electron chi connectivity index (χ1n) is 7.27. The molecule has 0 amide bonds. The van der Waals surface area contributed by atoms with E-state index in [0.29, 0.717) is 11.7 Å². The maximum atomic E-state index is 5.43. The second-order valence-corrected chi connectivity index (χ2v) is 6.46. The van der Waals surface area contributed by atoms with Gasteiger partial charge in [-0.3, -0.25) is 4.90 Å². The predicted octanol–water partition coefficient (Wildman–Crippen LogP) is 4.30. The molecule has 0 aliphatic carbocycles. The monoisotopic (exact) mass is 313 g/mol. The number of thiophene rings is 1. The fourth-order valence-electron chi connectivity index (χ4n) is 2.22. The highest BCUT2D eigenvalue weighted by atomic mass is 32.1. The molecule has 2 heterocycles. The third-order valence-electron chi connectivity index (χ3n) is 3.75. The van der Waals surface area contributed by atoms with Gasteiger partial charge in [0.2, 0.25) is 11.7 Å². The molecule has 1 atom stereocenters. The number of nitrogens with zero attached hydrogens (tertiary/aromatic N) is 3. The maximum absolute atomic E-state index is 5.43. The SMILES string of the molecule is Cc1ccc(CN(C)C(C)c2nc(-c3cccs3)no2)cc1. The number of hydrogen-bond donors (Lipinski definition) is 0. The number of rotatable bonds is 5. The Labute approximate surface area is 134 Å². The van der Waals surface area contributed by atoms with Gasteiger partial charge in [-0.2, -0.15) is 4.98 Å². The summed E-state index contributed by atoms with van der Waals surface area (Å²) in [7, 11) is 2.07. The van der Waals surface area contributed by atoms with Crippen molar-refractivity contribution < 1.29 is 4.52 Å². The number of hydrogen-bond acceptors (Lipinski definition) is 5. The van der Waals surface area contributed by atoms with Crippen molar-refractivity contribution >= 4 is 11.3 Å². The van der Waals surface area contributed by atoms with Gasteiger partial charge < -0.3 is 4.52 Å². The third-order valence-corrected chi connectivity index (χ3v) is 4.62. The molecule has 0 saturated heterocycles. The summed E-state index contributed by atoms with van der Waals surface area (Å²) in [5.41, 5.74) is 2.55. The molecule has 0 bridgehead atoms. The molecule has 0 radical (unpaired) electrons. The molecule has 3 rings (SSSR count). The smallest absolute Gasteiger partial charge is 0.244 e. The van der Waals surface area contributed by atoms with Crippen LogP contribution in [0.15, 0.2) is 46.3 Å². The van der Waals surface area contributed by atoms with E-state index in [4.69, 9.17) is 4.52 Å². The van der Waals surface area contributed by atoms with Gasteiger partial charge in [0.1, 0.15) is 0 Å². The first kappa shape index (κ1) is 14.9. The Morgan fingerprint density at radius 2 is 2.00 bits per heavy atom. The van der Waals surface area contributed by atoms with Gasteiger partial charge in [-0.1, -0.05) is 41.1 Å². The molecule has 5 heteroatoms. The van der Waals surface area contributed by atoms with E-state index in [2.05, 4.69) is 60.2 Å². The summed E-state index contributed by atoms with van der Waals surface area (Å²) < 4.78 is 5.43. The summed E-state index contributed by atoms with van der Waals surface area (Å²) in [6.07, 6.45) is 0. The number of benzene rings is 1. The lowest BCUT2D eigenvalue weighted by Gasteiger charge is -2.21. The van der Waals surface area contributed by atoms with Crippen molar-refractivity contribution in [1.82, 2.24) is 15.0 Å². The van der Waals surface area contributed by atoms with E-state index in [1.54, 1.807) is 11.3 Å². The Kier molecular flexibility index (Phi) is 4.36. The molecule has 0 fully saturated rings. The van der Waals surface area contributed by atoms with Crippen molar-refractivity contribution in [3.63, 3.8) is 0 Å². The van der Waals surface area contributed by atoms with E-state index in [0.717, 1.165) is 11.4 Å². The van der Waals surface area contributed by atoms with E-state index >= 15 is 0 Å². The molecule has 0 aliphatic heterocycles. The van der Waals surface area contributed by atoms with Crippen molar-refractivity contribution in [2.45, 2.75) is 26.4 Å². The molecule has 0 N–H and O–H groups in total. The van der Waals surface area contributed by atoms with Crippen LogP contribution in [0.3, 0.4) is 0 Å². The Morgan fingerprint density at radius 3 is 2.68 bits per heavy atom. The van der Waals surface area contributed by atoms with Gasteiger partial charge in [-0.05, 0) is 37.9 Å². The molecule has 1 aromatic carbocycles. The minimum Gasteiger partial charge on any atom is -0.337 e. The van der Waals surface area contributed by atoms with Gasteiger partial charge in [0, 0.05) is 6.54 Å². The van der Waals surface area contributed by atoms with Gasteiger partial charge in [0.25, 0.3) is 0 Å². The minimum atomic E-state index is 0.0718. The Bertz CT molecular complexity index is 719. The molecule has 4 nitrogen and oxygen atoms in total. The zero-order valence-electron chi connectivity index (χ0n) is 13.0. The standard InChI is InChI=1S/C17H19N3OS/c1-12-6-8-14(9-7-12)11-20(3)13(2)17-18-16(19-21-17)15-5-4-10-22-15/h4-10,13H,11H2,1-3H3. The summed E-state index contributed by atoms with van der Waals surface area (Å²) in [4.78, 5) is 7.76. The fourth-order valence-corrected chi connectivity index (χ4v) is 2.87. The molecule has 0 aliphatic rings. The molecule has 3 aromatic rings. The zero-order valence-corrected chi connectivity index (χ0v) is 13.8. The summed E-state index contributed by atoms with van der Waals surface area (Å²) in [6.45, 7) is 5.03. The van der Waals surface area contributed by atoms with Crippen LogP contribution in [-0.2, 0) is 6.54 Å². The van der Waals surface area contributed by atoms with Crippen LogP contribution in [0.2, 0.25) is 0 Å². The largest absolute Gasteiger partial charge is 0.337 e. The predicted molar refractivity (Wildman–Crippen MR) is 88.7 cm³/mol. The molecule has 114 valence electrons. The third kappa shape index (κ3) is 3.26. The zero-order chi connectivity index (χ0) is 15.5. The van der Waals surface area contributed by atoms with Crippen molar-refractivity contribution in [3.8, 4) is 10.7 Å². The lowest BCUT2D eigenvalue weighted by molar-refractivity contribution is 0.202. The summed E-state index contributed by atoms with van der Waals surface area (Å²) >= 11 is 1.61. The van der Waals surface area contributed by atoms with E-state index in [-0.39, 0.29) is 6.04 Å². The van der Waals surface area contributed by atoms with Crippen LogP contribution in [0.4, 0.5) is 0 Å². The van der Waals surface area contributed by atoms with Crippen molar-refractivity contribution in [2.24, 2.45) is 0 Å². The van der Waals surface area contributed by atoms with Crippen molar-refractivity contribution in [3.05, 3.63) is 58.8 Å². The average Bonchev–Trinajstić information content (AvgIpc) is 3.19. The highest BCUT2D eigenvalue weighted by molar-refractivity contribution is 7.13. The van der Waals surface area contributed by atoms with Crippen LogP contribution in [0.1, 0.15) is 30.0 Å². The van der Waals surface area contributed by atoms with E-state index < -0.39 is 0 Å². The van der Waals surface area contributed by atoms with Crippen LogP contribution in [-0.4, -0.2) is 22.1 Å². The fraction of sp³-hybridized carbons (Fsp3) is 0.294. The molecule has 0 saturated carbocycles. The summed E-state index contributed by atoms with van der Waals surface area (Å²) in [5, 5.41) is 6.09. The Hall–Kier alpha value is -1.98. The molecule has 1 unspecified atom stereocenters.